The van der Waals surface area contributed by atoms with Crippen molar-refractivity contribution in [3.05, 3.63) is 83.9 Å². The van der Waals surface area contributed by atoms with Crippen LogP contribution < -0.4 is 0 Å². The molecular formula is C21H20O7. The summed E-state index contributed by atoms with van der Waals surface area (Å²) in [6.45, 7) is -0.912. The molecule has 7 heteroatoms. The van der Waals surface area contributed by atoms with E-state index in [1.165, 1.54) is 24.3 Å². The van der Waals surface area contributed by atoms with Gasteiger partial charge in [0, 0.05) is 0 Å². The third kappa shape index (κ3) is 3.96. The predicted molar refractivity (Wildman–Crippen MR) is 98.5 cm³/mol. The molecule has 1 aliphatic rings. The normalized spacial score (nSPS) is 26.5. The van der Waals surface area contributed by atoms with Crippen LogP contribution in [-0.4, -0.2) is 57.8 Å². The fourth-order valence-electron chi connectivity index (χ4n) is 2.89. The SMILES string of the molecule is O=C(O[C@H]1C=C[C@@H](OC(=O)c2ccccc2)[C@@H](O)[C@]1(O)CO)c1ccccc1. The van der Waals surface area contributed by atoms with Crippen LogP contribution in [0.15, 0.2) is 72.8 Å². The van der Waals surface area contributed by atoms with E-state index in [9.17, 15) is 24.9 Å². The van der Waals surface area contributed by atoms with Crippen LogP contribution in [0.1, 0.15) is 20.7 Å². The van der Waals surface area contributed by atoms with Crippen LogP contribution >= 0.6 is 0 Å². The second-order valence-electron chi connectivity index (χ2n) is 6.41. The summed E-state index contributed by atoms with van der Waals surface area (Å²) in [5.41, 5.74) is -1.71. The number of benzene rings is 2. The molecule has 0 heterocycles. The molecule has 28 heavy (non-hydrogen) atoms. The first-order valence-electron chi connectivity index (χ1n) is 8.67. The Kier molecular flexibility index (Phi) is 5.89. The molecule has 2 aromatic rings. The Labute approximate surface area is 161 Å². The van der Waals surface area contributed by atoms with Gasteiger partial charge in [0.15, 0.2) is 11.7 Å². The van der Waals surface area contributed by atoms with E-state index in [1.807, 2.05) is 0 Å². The zero-order chi connectivity index (χ0) is 20.1. The van der Waals surface area contributed by atoms with Crippen molar-refractivity contribution in [1.82, 2.24) is 0 Å². The Hall–Kier alpha value is -3.00. The Balaban J connectivity index is 1.76. The molecule has 0 aromatic heterocycles. The van der Waals surface area contributed by atoms with Crippen LogP contribution in [0.5, 0.6) is 0 Å². The van der Waals surface area contributed by atoms with Gasteiger partial charge in [-0.25, -0.2) is 9.59 Å². The van der Waals surface area contributed by atoms with Crippen molar-refractivity contribution in [1.29, 1.82) is 0 Å². The lowest BCUT2D eigenvalue weighted by molar-refractivity contribution is -0.183. The van der Waals surface area contributed by atoms with Gasteiger partial charge in [-0.15, -0.1) is 0 Å². The van der Waals surface area contributed by atoms with Crippen LogP contribution in [-0.2, 0) is 9.47 Å². The molecule has 3 N–H and O–H groups in total. The van der Waals surface area contributed by atoms with Crippen molar-refractivity contribution >= 4 is 11.9 Å². The highest BCUT2D eigenvalue weighted by Crippen LogP contribution is 2.29. The molecule has 146 valence electrons. The van der Waals surface area contributed by atoms with Gasteiger partial charge in [-0.05, 0) is 36.4 Å². The lowest BCUT2D eigenvalue weighted by Crippen LogP contribution is -2.62. The van der Waals surface area contributed by atoms with Gasteiger partial charge in [0.1, 0.15) is 12.2 Å². The van der Waals surface area contributed by atoms with E-state index in [-0.39, 0.29) is 11.1 Å². The van der Waals surface area contributed by atoms with E-state index < -0.39 is 42.5 Å². The number of carbonyl (C=O) groups excluding carboxylic acids is 2. The summed E-state index contributed by atoms with van der Waals surface area (Å²) in [5.74, 6) is -1.43. The van der Waals surface area contributed by atoms with E-state index in [0.717, 1.165) is 0 Å². The highest BCUT2D eigenvalue weighted by molar-refractivity contribution is 5.90. The van der Waals surface area contributed by atoms with Crippen molar-refractivity contribution < 1.29 is 34.4 Å². The van der Waals surface area contributed by atoms with Gasteiger partial charge in [-0.2, -0.15) is 0 Å². The number of hydrogen-bond donors (Lipinski definition) is 3. The molecule has 0 saturated carbocycles. The van der Waals surface area contributed by atoms with Crippen molar-refractivity contribution in [2.24, 2.45) is 0 Å². The number of carbonyl (C=O) groups is 2. The van der Waals surface area contributed by atoms with Crippen LogP contribution in [0.25, 0.3) is 0 Å². The van der Waals surface area contributed by atoms with E-state index >= 15 is 0 Å². The van der Waals surface area contributed by atoms with Crippen molar-refractivity contribution in [2.75, 3.05) is 6.61 Å². The molecule has 1 aliphatic carbocycles. The Morgan fingerprint density at radius 3 is 1.86 bits per heavy atom. The minimum absolute atomic E-state index is 0.253. The Morgan fingerprint density at radius 1 is 0.857 bits per heavy atom. The van der Waals surface area contributed by atoms with Crippen LogP contribution in [0, 0.1) is 0 Å². The summed E-state index contributed by atoms with van der Waals surface area (Å²) >= 11 is 0. The molecule has 0 radical (unpaired) electrons. The Morgan fingerprint density at radius 2 is 1.36 bits per heavy atom. The maximum absolute atomic E-state index is 12.3. The van der Waals surface area contributed by atoms with Gasteiger partial charge in [-0.3, -0.25) is 0 Å². The van der Waals surface area contributed by atoms with Gasteiger partial charge in [0.05, 0.1) is 17.7 Å². The average Bonchev–Trinajstić information content (AvgIpc) is 2.74. The first-order valence-corrected chi connectivity index (χ1v) is 8.67. The second kappa shape index (κ2) is 8.35. The van der Waals surface area contributed by atoms with Crippen molar-refractivity contribution in [2.45, 2.75) is 23.9 Å². The molecule has 0 amide bonds. The van der Waals surface area contributed by atoms with Crippen LogP contribution in [0.4, 0.5) is 0 Å². The average molecular weight is 384 g/mol. The fourth-order valence-corrected chi connectivity index (χ4v) is 2.89. The summed E-state index contributed by atoms with van der Waals surface area (Å²) in [7, 11) is 0. The van der Waals surface area contributed by atoms with Crippen LogP contribution in [0.2, 0.25) is 0 Å². The Bertz CT molecular complexity index is 850. The largest absolute Gasteiger partial charge is 0.452 e. The van der Waals surface area contributed by atoms with E-state index in [2.05, 4.69) is 0 Å². The summed E-state index contributed by atoms with van der Waals surface area (Å²) in [6.07, 6.45) is -1.65. The number of esters is 2. The molecule has 2 aromatic carbocycles. The van der Waals surface area contributed by atoms with Gasteiger partial charge in [0.2, 0.25) is 0 Å². The molecule has 0 fully saturated rings. The summed E-state index contributed by atoms with van der Waals surface area (Å²) in [4.78, 5) is 24.5. The number of ether oxygens (including phenoxy) is 2. The molecule has 0 aliphatic heterocycles. The van der Waals surface area contributed by atoms with Gasteiger partial charge in [-0.1, -0.05) is 36.4 Å². The van der Waals surface area contributed by atoms with E-state index in [4.69, 9.17) is 9.47 Å². The maximum Gasteiger partial charge on any atom is 0.338 e. The lowest BCUT2D eigenvalue weighted by Gasteiger charge is -2.41. The highest BCUT2D eigenvalue weighted by Gasteiger charge is 2.51. The van der Waals surface area contributed by atoms with Gasteiger partial charge < -0.3 is 24.8 Å². The summed E-state index contributed by atoms with van der Waals surface area (Å²) in [6, 6.07) is 16.3. The lowest BCUT2D eigenvalue weighted by atomic mass is 9.82. The minimum Gasteiger partial charge on any atom is -0.452 e. The van der Waals surface area contributed by atoms with Gasteiger partial charge >= 0.3 is 11.9 Å². The second-order valence-corrected chi connectivity index (χ2v) is 6.41. The molecule has 0 unspecified atom stereocenters. The van der Waals surface area contributed by atoms with E-state index in [1.54, 1.807) is 48.5 Å². The summed E-state index contributed by atoms with van der Waals surface area (Å²) in [5, 5.41) is 30.9. The summed E-state index contributed by atoms with van der Waals surface area (Å²) < 4.78 is 10.5. The van der Waals surface area contributed by atoms with Crippen molar-refractivity contribution in [3.63, 3.8) is 0 Å². The number of aliphatic hydroxyl groups is 3. The number of aliphatic hydroxyl groups excluding tert-OH is 2. The zero-order valence-corrected chi connectivity index (χ0v) is 14.8. The van der Waals surface area contributed by atoms with Gasteiger partial charge in [0.25, 0.3) is 0 Å². The van der Waals surface area contributed by atoms with Crippen molar-refractivity contribution in [3.8, 4) is 0 Å². The third-order valence-corrected chi connectivity index (χ3v) is 4.54. The first kappa shape index (κ1) is 19.8. The monoisotopic (exact) mass is 384 g/mol. The van der Waals surface area contributed by atoms with E-state index in [0.29, 0.717) is 0 Å². The molecule has 3 rings (SSSR count). The molecule has 4 atom stereocenters. The topological polar surface area (TPSA) is 113 Å². The number of hydrogen-bond acceptors (Lipinski definition) is 7. The molecule has 0 saturated heterocycles. The quantitative estimate of drug-likeness (QED) is 0.522. The first-order chi connectivity index (χ1) is 13.5. The molecule has 7 nitrogen and oxygen atoms in total. The number of rotatable bonds is 5. The standard InChI is InChI=1S/C21H20O7/c22-13-21(26)17(28-20(25)15-9-5-2-6-10-15)12-11-16(18(21)23)27-19(24)14-7-3-1-4-8-14/h1-12,16-18,22-23,26H,13H2/t16-,17+,18-,21+/m1/s1. The molecule has 0 spiro atoms. The third-order valence-electron chi connectivity index (χ3n) is 4.54. The maximum atomic E-state index is 12.3. The molecular weight excluding hydrogens is 364 g/mol. The molecule has 0 bridgehead atoms. The minimum atomic E-state index is -2.24. The van der Waals surface area contributed by atoms with Crippen LogP contribution in [0.3, 0.4) is 0 Å². The predicted octanol–water partition coefficient (Wildman–Crippen LogP) is 1.09. The smallest absolute Gasteiger partial charge is 0.338 e. The highest BCUT2D eigenvalue weighted by atomic mass is 16.6. The zero-order valence-electron chi connectivity index (χ0n) is 14.8. The fraction of sp³-hybridized carbons (Fsp3) is 0.238.